The van der Waals surface area contributed by atoms with Gasteiger partial charge in [-0.25, -0.2) is 14.4 Å². The van der Waals surface area contributed by atoms with Crippen molar-refractivity contribution in [2.24, 2.45) is 5.92 Å². The van der Waals surface area contributed by atoms with E-state index in [1.807, 2.05) is 12.3 Å². The largest absolute Gasteiger partial charge is 0.359 e. The molecule has 0 radical (unpaired) electrons. The van der Waals surface area contributed by atoms with Crippen LogP contribution in [-0.2, 0) is 11.2 Å². The van der Waals surface area contributed by atoms with Gasteiger partial charge in [0.15, 0.2) is 5.16 Å². The fourth-order valence-corrected chi connectivity index (χ4v) is 4.32. The van der Waals surface area contributed by atoms with E-state index < -0.39 is 0 Å². The van der Waals surface area contributed by atoms with Gasteiger partial charge in [-0.05, 0) is 43.6 Å². The molecule has 1 aromatic carbocycles. The fourth-order valence-electron chi connectivity index (χ4n) is 3.96. The maximum absolute atomic E-state index is 14.6. The number of nitrogens with zero attached hydrogens (tertiary/aromatic N) is 3. The number of carbonyl (C=O) groups excluding carboxylic acids is 1. The summed E-state index contributed by atoms with van der Waals surface area (Å²) >= 11 is 1.45. The van der Waals surface area contributed by atoms with E-state index in [1.165, 1.54) is 17.8 Å². The Morgan fingerprint density at radius 3 is 2.72 bits per heavy atom. The van der Waals surface area contributed by atoms with Crippen LogP contribution in [0.2, 0.25) is 0 Å². The van der Waals surface area contributed by atoms with Gasteiger partial charge in [0.1, 0.15) is 11.6 Å². The summed E-state index contributed by atoms with van der Waals surface area (Å²) in [5.41, 5.74) is 2.16. The van der Waals surface area contributed by atoms with Crippen molar-refractivity contribution in [2.75, 3.05) is 24.7 Å². The minimum absolute atomic E-state index is 0.0243. The number of hydrogen-bond donors (Lipinski definition) is 1. The second-order valence-electron chi connectivity index (χ2n) is 7.80. The Bertz CT molecular complexity index is 874. The van der Waals surface area contributed by atoms with Gasteiger partial charge in [-0.2, -0.15) is 0 Å². The standard InChI is InChI=1S/C22H29FN4OS/c1-14(2)12-15(13-19(28)24-3)27-11-7-9-17-20(16-8-5-6-10-18(16)23)25-22(29-4)26-21(17)27/h5-6,8,10,14-15H,7,9,11-13H2,1-4H3,(H,24,28). The number of thioether (sulfide) groups is 1. The smallest absolute Gasteiger partial charge is 0.221 e. The number of halogens is 1. The lowest BCUT2D eigenvalue weighted by atomic mass is 9.94. The summed E-state index contributed by atoms with van der Waals surface area (Å²) in [7, 11) is 1.67. The van der Waals surface area contributed by atoms with E-state index >= 15 is 0 Å². The van der Waals surface area contributed by atoms with Gasteiger partial charge in [0, 0.05) is 37.2 Å². The average Bonchev–Trinajstić information content (AvgIpc) is 2.72. The highest BCUT2D eigenvalue weighted by molar-refractivity contribution is 7.98. The highest BCUT2D eigenvalue weighted by Gasteiger charge is 2.31. The zero-order chi connectivity index (χ0) is 21.0. The van der Waals surface area contributed by atoms with Crippen molar-refractivity contribution in [3.05, 3.63) is 35.6 Å². The molecule has 29 heavy (non-hydrogen) atoms. The van der Waals surface area contributed by atoms with E-state index in [1.54, 1.807) is 19.2 Å². The summed E-state index contributed by atoms with van der Waals surface area (Å²) in [5, 5.41) is 3.37. The molecule has 5 nitrogen and oxygen atoms in total. The number of rotatable bonds is 7. The average molecular weight is 417 g/mol. The number of nitrogens with one attached hydrogen (secondary N) is 1. The summed E-state index contributed by atoms with van der Waals surface area (Å²) in [4.78, 5) is 23.9. The first-order valence-corrected chi connectivity index (χ1v) is 11.3. The molecule has 2 aromatic rings. The SMILES string of the molecule is CNC(=O)CC(CC(C)C)N1CCCc2c(-c3ccccc3F)nc(SC)nc21. The highest BCUT2D eigenvalue weighted by Crippen LogP contribution is 2.37. The van der Waals surface area contributed by atoms with Crippen LogP contribution in [0, 0.1) is 11.7 Å². The lowest BCUT2D eigenvalue weighted by molar-refractivity contribution is -0.121. The van der Waals surface area contributed by atoms with Crippen LogP contribution in [0.4, 0.5) is 10.2 Å². The molecule has 0 fully saturated rings. The second kappa shape index (κ2) is 9.57. The summed E-state index contributed by atoms with van der Waals surface area (Å²) in [6.07, 6.45) is 4.97. The molecule has 1 unspecified atom stereocenters. The van der Waals surface area contributed by atoms with Gasteiger partial charge in [-0.1, -0.05) is 37.7 Å². The molecule has 156 valence electrons. The molecular formula is C22H29FN4OS. The molecule has 2 heterocycles. The molecule has 7 heteroatoms. The third-order valence-electron chi connectivity index (χ3n) is 5.26. The quantitative estimate of drug-likeness (QED) is 0.538. The Balaban J connectivity index is 2.11. The molecule has 0 saturated heterocycles. The molecule has 1 N–H and O–H groups in total. The maximum Gasteiger partial charge on any atom is 0.221 e. The fraction of sp³-hybridized carbons (Fsp3) is 0.500. The molecule has 1 aliphatic rings. The maximum atomic E-state index is 14.6. The van der Waals surface area contributed by atoms with Crippen molar-refractivity contribution in [1.82, 2.24) is 15.3 Å². The minimum Gasteiger partial charge on any atom is -0.359 e. The van der Waals surface area contributed by atoms with Crippen LogP contribution < -0.4 is 10.2 Å². The Kier molecular flexibility index (Phi) is 7.11. The number of amides is 1. The van der Waals surface area contributed by atoms with Gasteiger partial charge in [0.2, 0.25) is 5.91 Å². The predicted octanol–water partition coefficient (Wildman–Crippen LogP) is 4.31. The Morgan fingerprint density at radius 2 is 2.07 bits per heavy atom. The van der Waals surface area contributed by atoms with Crippen LogP contribution in [0.25, 0.3) is 11.3 Å². The normalized spacial score (nSPS) is 14.6. The van der Waals surface area contributed by atoms with Crippen LogP contribution in [0.1, 0.15) is 38.7 Å². The number of hydrogen-bond acceptors (Lipinski definition) is 5. The zero-order valence-electron chi connectivity index (χ0n) is 17.5. The van der Waals surface area contributed by atoms with Crippen molar-refractivity contribution in [3.8, 4) is 11.3 Å². The first-order chi connectivity index (χ1) is 13.9. The Labute approximate surface area is 176 Å². The minimum atomic E-state index is -0.276. The van der Waals surface area contributed by atoms with Gasteiger partial charge >= 0.3 is 0 Å². The van der Waals surface area contributed by atoms with Crippen molar-refractivity contribution in [3.63, 3.8) is 0 Å². The van der Waals surface area contributed by atoms with Crippen LogP contribution in [0.15, 0.2) is 29.4 Å². The molecule has 1 aliphatic heterocycles. The predicted molar refractivity (Wildman–Crippen MR) is 117 cm³/mol. The second-order valence-corrected chi connectivity index (χ2v) is 8.57. The number of fused-ring (bicyclic) bond motifs is 1. The van der Waals surface area contributed by atoms with Crippen LogP contribution in [-0.4, -0.2) is 41.8 Å². The van der Waals surface area contributed by atoms with E-state index in [9.17, 15) is 9.18 Å². The lowest BCUT2D eigenvalue weighted by Gasteiger charge is -2.38. The molecule has 0 saturated carbocycles. The molecule has 0 spiro atoms. The Hall–Kier alpha value is -2.15. The zero-order valence-corrected chi connectivity index (χ0v) is 18.4. The van der Waals surface area contributed by atoms with E-state index in [4.69, 9.17) is 4.98 Å². The van der Waals surface area contributed by atoms with Gasteiger partial charge < -0.3 is 10.2 Å². The van der Waals surface area contributed by atoms with Crippen LogP contribution in [0.5, 0.6) is 0 Å². The molecule has 0 aliphatic carbocycles. The lowest BCUT2D eigenvalue weighted by Crippen LogP contribution is -2.43. The third kappa shape index (κ3) is 4.89. The van der Waals surface area contributed by atoms with Crippen molar-refractivity contribution in [1.29, 1.82) is 0 Å². The monoisotopic (exact) mass is 416 g/mol. The highest BCUT2D eigenvalue weighted by atomic mass is 32.2. The third-order valence-corrected chi connectivity index (χ3v) is 5.81. The first kappa shape index (κ1) is 21.6. The number of aromatic nitrogens is 2. The molecular weight excluding hydrogens is 387 g/mol. The molecule has 0 bridgehead atoms. The summed E-state index contributed by atoms with van der Waals surface area (Å²) < 4.78 is 14.6. The summed E-state index contributed by atoms with van der Waals surface area (Å²) in [5.74, 6) is 1.05. The van der Waals surface area contributed by atoms with Crippen molar-refractivity contribution < 1.29 is 9.18 Å². The van der Waals surface area contributed by atoms with Crippen LogP contribution in [0.3, 0.4) is 0 Å². The summed E-state index contributed by atoms with van der Waals surface area (Å²) in [6, 6.07) is 6.82. The van der Waals surface area contributed by atoms with Crippen molar-refractivity contribution in [2.45, 2.75) is 50.7 Å². The van der Waals surface area contributed by atoms with Gasteiger partial charge in [0.25, 0.3) is 0 Å². The molecule has 1 amide bonds. The molecule has 1 aromatic heterocycles. The van der Waals surface area contributed by atoms with E-state index in [0.717, 1.165) is 37.2 Å². The van der Waals surface area contributed by atoms with Gasteiger partial charge in [0.05, 0.1) is 5.69 Å². The first-order valence-electron chi connectivity index (χ1n) is 10.1. The van der Waals surface area contributed by atoms with E-state index in [2.05, 4.69) is 29.0 Å². The number of anilines is 1. The van der Waals surface area contributed by atoms with E-state index in [-0.39, 0.29) is 17.8 Å². The van der Waals surface area contributed by atoms with E-state index in [0.29, 0.717) is 28.8 Å². The molecule has 3 rings (SSSR count). The van der Waals surface area contributed by atoms with Gasteiger partial charge in [-0.15, -0.1) is 0 Å². The molecule has 1 atom stereocenters. The van der Waals surface area contributed by atoms with Crippen molar-refractivity contribution >= 4 is 23.5 Å². The topological polar surface area (TPSA) is 58.1 Å². The number of benzene rings is 1. The van der Waals surface area contributed by atoms with Crippen LogP contribution >= 0.6 is 11.8 Å². The summed E-state index contributed by atoms with van der Waals surface area (Å²) in [6.45, 7) is 5.17. The van der Waals surface area contributed by atoms with Gasteiger partial charge in [-0.3, -0.25) is 4.79 Å². The number of carbonyl (C=O) groups is 1. The Morgan fingerprint density at radius 1 is 1.31 bits per heavy atom.